The Morgan fingerprint density at radius 1 is 1.31 bits per heavy atom. The molecule has 0 saturated carbocycles. The number of methoxy groups -OCH3 is 1. The number of benzene rings is 1. The zero-order valence-corrected chi connectivity index (χ0v) is 15.9. The van der Waals surface area contributed by atoms with Crippen molar-refractivity contribution in [3.63, 3.8) is 0 Å². The lowest BCUT2D eigenvalue weighted by Gasteiger charge is -2.14. The first-order chi connectivity index (χ1) is 12.8. The normalized spacial score (nSPS) is 14.7. The summed E-state index contributed by atoms with van der Waals surface area (Å²) in [5.41, 5.74) is 2.39. The van der Waals surface area contributed by atoms with Crippen LogP contribution >= 0.6 is 0 Å². The number of guanidine groups is 1. The molecule has 6 heteroatoms. The largest absolute Gasteiger partial charge is 0.493 e. The summed E-state index contributed by atoms with van der Waals surface area (Å²) in [6.45, 7) is 6.54. The zero-order chi connectivity index (χ0) is 18.5. The summed E-state index contributed by atoms with van der Waals surface area (Å²) in [4.78, 5) is 4.67. The average Bonchev–Trinajstić information content (AvgIpc) is 2.67. The van der Waals surface area contributed by atoms with Gasteiger partial charge >= 0.3 is 0 Å². The fourth-order valence-corrected chi connectivity index (χ4v) is 2.60. The van der Waals surface area contributed by atoms with Crippen molar-refractivity contribution < 1.29 is 14.2 Å². The van der Waals surface area contributed by atoms with E-state index in [0.717, 1.165) is 63.0 Å². The van der Waals surface area contributed by atoms with E-state index in [1.807, 2.05) is 24.3 Å². The molecule has 0 fully saturated rings. The van der Waals surface area contributed by atoms with Gasteiger partial charge < -0.3 is 24.8 Å². The Morgan fingerprint density at radius 3 is 3.00 bits per heavy atom. The van der Waals surface area contributed by atoms with Gasteiger partial charge in [0.05, 0.1) is 19.8 Å². The van der Waals surface area contributed by atoms with Crippen molar-refractivity contribution in [2.24, 2.45) is 4.99 Å². The summed E-state index contributed by atoms with van der Waals surface area (Å²) in [6, 6.07) is 7.93. The van der Waals surface area contributed by atoms with Crippen LogP contribution in [-0.4, -0.2) is 52.6 Å². The molecule has 0 saturated heterocycles. The quantitative estimate of drug-likeness (QED) is 0.290. The third-order valence-corrected chi connectivity index (χ3v) is 3.96. The number of hydrogen-bond donors (Lipinski definition) is 2. The molecule has 0 radical (unpaired) electrons. The van der Waals surface area contributed by atoms with Crippen molar-refractivity contribution in [2.75, 3.05) is 51.9 Å². The van der Waals surface area contributed by atoms with Crippen molar-refractivity contribution >= 4 is 11.6 Å². The van der Waals surface area contributed by atoms with Crippen LogP contribution in [0.15, 0.2) is 40.9 Å². The number of aliphatic imine (C=N–C) groups is 1. The molecule has 1 aromatic rings. The Hall–Kier alpha value is -2.05. The second kappa shape index (κ2) is 12.3. The van der Waals surface area contributed by atoms with E-state index < -0.39 is 0 Å². The smallest absolute Gasteiger partial charge is 0.195 e. The molecule has 2 rings (SSSR count). The highest BCUT2D eigenvalue weighted by Gasteiger charge is 2.04. The Labute approximate surface area is 156 Å². The number of nitrogens with zero attached hydrogens (tertiary/aromatic N) is 1. The molecule has 1 aliphatic rings. The highest BCUT2D eigenvalue weighted by molar-refractivity contribution is 5.93. The van der Waals surface area contributed by atoms with Gasteiger partial charge in [-0.2, -0.15) is 0 Å². The van der Waals surface area contributed by atoms with Gasteiger partial charge in [-0.3, -0.25) is 4.99 Å². The third kappa shape index (κ3) is 7.89. The first kappa shape index (κ1) is 20.3. The molecule has 0 aliphatic carbocycles. The number of nitrogens with one attached hydrogen (secondary N) is 2. The van der Waals surface area contributed by atoms with E-state index in [4.69, 9.17) is 14.2 Å². The minimum atomic E-state index is 0.643. The lowest BCUT2D eigenvalue weighted by atomic mass is 10.1. The minimum Gasteiger partial charge on any atom is -0.493 e. The minimum absolute atomic E-state index is 0.643. The molecule has 0 amide bonds. The molecule has 0 aromatic heterocycles. The molecule has 1 heterocycles. The number of anilines is 1. The lowest BCUT2D eigenvalue weighted by molar-refractivity contribution is 0.153. The van der Waals surface area contributed by atoms with Gasteiger partial charge in [0.25, 0.3) is 0 Å². The van der Waals surface area contributed by atoms with E-state index in [2.05, 4.69) is 28.6 Å². The maximum absolute atomic E-state index is 5.75. The molecule has 2 N–H and O–H groups in total. The van der Waals surface area contributed by atoms with Crippen molar-refractivity contribution in [1.82, 2.24) is 5.32 Å². The van der Waals surface area contributed by atoms with Gasteiger partial charge in [-0.25, -0.2) is 0 Å². The fraction of sp³-hybridized carbons (Fsp3) is 0.550. The van der Waals surface area contributed by atoms with Gasteiger partial charge in [0.2, 0.25) is 0 Å². The van der Waals surface area contributed by atoms with Gasteiger partial charge in [0.1, 0.15) is 5.75 Å². The van der Waals surface area contributed by atoms with E-state index in [0.29, 0.717) is 13.2 Å². The predicted octanol–water partition coefficient (Wildman–Crippen LogP) is 3.22. The van der Waals surface area contributed by atoms with E-state index in [1.54, 1.807) is 7.11 Å². The topological polar surface area (TPSA) is 64.1 Å². The van der Waals surface area contributed by atoms with Gasteiger partial charge in [-0.15, -0.1) is 0 Å². The highest BCUT2D eigenvalue weighted by Crippen LogP contribution is 2.17. The van der Waals surface area contributed by atoms with Crippen LogP contribution in [0.2, 0.25) is 0 Å². The summed E-state index contributed by atoms with van der Waals surface area (Å²) in [7, 11) is 1.70. The maximum atomic E-state index is 5.75. The van der Waals surface area contributed by atoms with Crippen molar-refractivity contribution in [3.05, 3.63) is 35.9 Å². The molecular weight excluding hydrogens is 330 g/mol. The molecule has 26 heavy (non-hydrogen) atoms. The molecule has 0 atom stereocenters. The number of ether oxygens (including phenoxy) is 3. The van der Waals surface area contributed by atoms with Gasteiger partial charge in [0.15, 0.2) is 5.96 Å². The first-order valence-corrected chi connectivity index (χ1v) is 9.34. The molecule has 144 valence electrons. The summed E-state index contributed by atoms with van der Waals surface area (Å²) in [6.07, 6.45) is 5.04. The molecule has 6 nitrogen and oxygen atoms in total. The third-order valence-electron chi connectivity index (χ3n) is 3.96. The number of hydrogen-bond acceptors (Lipinski definition) is 4. The zero-order valence-electron chi connectivity index (χ0n) is 15.9. The van der Waals surface area contributed by atoms with Crippen molar-refractivity contribution in [2.45, 2.75) is 26.2 Å². The standard InChI is InChI=1S/C20H31N3O3/c1-3-21-20(22-11-8-17-9-14-25-15-10-17)23-18-6-4-7-19(16-18)26-13-5-12-24-2/h4,6-7,9,16H,3,5,8,10-15H2,1-2H3,(H2,21,22,23). The second-order valence-electron chi connectivity index (χ2n) is 6.05. The van der Waals surface area contributed by atoms with Crippen molar-refractivity contribution in [3.8, 4) is 5.75 Å². The van der Waals surface area contributed by atoms with Crippen LogP contribution in [0.1, 0.15) is 26.2 Å². The van der Waals surface area contributed by atoms with Gasteiger partial charge in [-0.05, 0) is 31.9 Å². The molecule has 1 aliphatic heterocycles. The number of rotatable bonds is 10. The summed E-state index contributed by atoms with van der Waals surface area (Å²) >= 11 is 0. The van der Waals surface area contributed by atoms with Crippen LogP contribution < -0.4 is 15.4 Å². The van der Waals surface area contributed by atoms with E-state index in [9.17, 15) is 0 Å². The summed E-state index contributed by atoms with van der Waals surface area (Å²) in [5, 5.41) is 6.64. The predicted molar refractivity (Wildman–Crippen MR) is 106 cm³/mol. The van der Waals surface area contributed by atoms with Crippen LogP contribution in [0.25, 0.3) is 0 Å². The van der Waals surface area contributed by atoms with Crippen LogP contribution in [0.4, 0.5) is 5.69 Å². The Bertz CT molecular complexity index is 587. The van der Waals surface area contributed by atoms with E-state index in [1.165, 1.54) is 5.57 Å². The summed E-state index contributed by atoms with van der Waals surface area (Å²) in [5.74, 6) is 1.63. The molecular formula is C20H31N3O3. The van der Waals surface area contributed by atoms with Crippen LogP contribution in [-0.2, 0) is 9.47 Å². The fourth-order valence-electron chi connectivity index (χ4n) is 2.60. The SMILES string of the molecule is CCNC(=NCCC1=CCOCC1)Nc1cccc(OCCCOC)c1. The molecule has 0 bridgehead atoms. The Balaban J connectivity index is 1.87. The lowest BCUT2D eigenvalue weighted by Crippen LogP contribution is -2.30. The molecule has 0 spiro atoms. The maximum Gasteiger partial charge on any atom is 0.195 e. The van der Waals surface area contributed by atoms with E-state index in [-0.39, 0.29) is 0 Å². The Morgan fingerprint density at radius 2 is 2.23 bits per heavy atom. The van der Waals surface area contributed by atoms with Crippen LogP contribution in [0.3, 0.4) is 0 Å². The monoisotopic (exact) mass is 361 g/mol. The second-order valence-corrected chi connectivity index (χ2v) is 6.05. The highest BCUT2D eigenvalue weighted by atomic mass is 16.5. The van der Waals surface area contributed by atoms with E-state index >= 15 is 0 Å². The van der Waals surface area contributed by atoms with Crippen LogP contribution in [0, 0.1) is 0 Å². The van der Waals surface area contributed by atoms with Gasteiger partial charge in [-0.1, -0.05) is 17.7 Å². The van der Waals surface area contributed by atoms with Crippen LogP contribution in [0.5, 0.6) is 5.75 Å². The molecule has 1 aromatic carbocycles. The average molecular weight is 361 g/mol. The summed E-state index contributed by atoms with van der Waals surface area (Å²) < 4.78 is 16.1. The first-order valence-electron chi connectivity index (χ1n) is 9.34. The Kier molecular flexibility index (Phi) is 9.61. The molecule has 0 unspecified atom stereocenters. The van der Waals surface area contributed by atoms with Crippen molar-refractivity contribution in [1.29, 1.82) is 0 Å². The van der Waals surface area contributed by atoms with Gasteiger partial charge in [0, 0.05) is 45.0 Å².